The molecule has 82 valence electrons. The summed E-state index contributed by atoms with van der Waals surface area (Å²) in [6.07, 6.45) is -4.85. The van der Waals surface area contributed by atoms with Gasteiger partial charge in [0.25, 0.3) is 0 Å². The summed E-state index contributed by atoms with van der Waals surface area (Å²) in [6.45, 7) is 0.972. The Morgan fingerprint density at radius 1 is 1.33 bits per heavy atom. The molecule has 0 bridgehead atoms. The smallest absolute Gasteiger partial charge is 0.294 e. The van der Waals surface area contributed by atoms with Gasteiger partial charge in [0.15, 0.2) is 5.78 Å². The van der Waals surface area contributed by atoms with Gasteiger partial charge in [0.1, 0.15) is 11.4 Å². The van der Waals surface area contributed by atoms with Crippen LogP contribution in [0.2, 0.25) is 0 Å². The van der Waals surface area contributed by atoms with Gasteiger partial charge in [-0.25, -0.2) is 4.39 Å². The molecule has 0 spiro atoms. The molecule has 0 aromatic heterocycles. The molecule has 1 rings (SSSR count). The van der Waals surface area contributed by atoms with Gasteiger partial charge in [-0.05, 0) is 41.6 Å². The van der Waals surface area contributed by atoms with Gasteiger partial charge in [0.05, 0.1) is 0 Å². The van der Waals surface area contributed by atoms with E-state index >= 15 is 0 Å². The van der Waals surface area contributed by atoms with Crippen LogP contribution < -0.4 is 0 Å². The average molecular weight is 332 g/mol. The molecule has 0 aliphatic carbocycles. The lowest BCUT2D eigenvalue weighted by Crippen LogP contribution is -2.14. The number of carbonyl (C=O) groups excluding carboxylic acids is 1. The molecule has 0 N–H and O–H groups in total. The number of rotatable bonds is 1. The van der Waals surface area contributed by atoms with E-state index in [2.05, 4.69) is 0 Å². The third-order valence-corrected chi connectivity index (χ3v) is 2.34. The zero-order chi connectivity index (χ0) is 11.8. The van der Waals surface area contributed by atoms with Crippen molar-refractivity contribution in [1.29, 1.82) is 0 Å². The van der Waals surface area contributed by atoms with E-state index in [0.717, 1.165) is 19.1 Å². The van der Waals surface area contributed by atoms with Gasteiger partial charge in [-0.3, -0.25) is 4.79 Å². The Morgan fingerprint density at radius 3 is 2.27 bits per heavy atom. The minimum atomic E-state index is -4.85. The van der Waals surface area contributed by atoms with E-state index in [1.807, 2.05) is 0 Å². The highest BCUT2D eigenvalue weighted by Crippen LogP contribution is 2.35. The van der Waals surface area contributed by atoms with Gasteiger partial charge >= 0.3 is 6.18 Å². The first-order valence-corrected chi connectivity index (χ1v) is 4.88. The van der Waals surface area contributed by atoms with Gasteiger partial charge in [-0.2, -0.15) is 13.2 Å². The Labute approximate surface area is 96.6 Å². The Balaban J connectivity index is 3.55. The summed E-state index contributed by atoms with van der Waals surface area (Å²) in [5.74, 6) is -2.22. The molecular weight excluding hydrogens is 327 g/mol. The van der Waals surface area contributed by atoms with Crippen LogP contribution in [0.25, 0.3) is 0 Å². The van der Waals surface area contributed by atoms with Crippen LogP contribution in [0.1, 0.15) is 22.8 Å². The van der Waals surface area contributed by atoms with Crippen molar-refractivity contribution in [2.24, 2.45) is 0 Å². The molecule has 15 heavy (non-hydrogen) atoms. The molecule has 0 aliphatic rings. The van der Waals surface area contributed by atoms with E-state index in [9.17, 15) is 22.4 Å². The second-order valence-electron chi connectivity index (χ2n) is 2.86. The summed E-state index contributed by atoms with van der Waals surface area (Å²) < 4.78 is 50.6. The monoisotopic (exact) mass is 332 g/mol. The zero-order valence-electron chi connectivity index (χ0n) is 7.45. The fourth-order valence-electron chi connectivity index (χ4n) is 1.14. The SMILES string of the molecule is CC(=O)c1cc(I)cc(F)c1C(F)(F)F. The Hall–Kier alpha value is -0.660. The average Bonchev–Trinajstić information content (AvgIpc) is 1.99. The second kappa shape index (κ2) is 4.07. The molecule has 0 saturated carbocycles. The van der Waals surface area contributed by atoms with E-state index in [1.54, 1.807) is 22.6 Å². The molecule has 6 heteroatoms. The number of alkyl halides is 3. The second-order valence-corrected chi connectivity index (χ2v) is 4.11. The largest absolute Gasteiger partial charge is 0.419 e. The van der Waals surface area contributed by atoms with Crippen molar-refractivity contribution in [3.8, 4) is 0 Å². The standard InChI is InChI=1S/C9H5F4IO/c1-4(15)6-2-5(14)3-7(10)8(6)9(11,12)13/h2-3H,1H3. The summed E-state index contributed by atoms with van der Waals surface area (Å²) >= 11 is 1.65. The highest BCUT2D eigenvalue weighted by Gasteiger charge is 2.38. The molecule has 0 amide bonds. The summed E-state index contributed by atoms with van der Waals surface area (Å²) in [5.41, 5.74) is -2.12. The van der Waals surface area contributed by atoms with Crippen molar-refractivity contribution in [3.63, 3.8) is 0 Å². The van der Waals surface area contributed by atoms with Crippen LogP contribution in [0.3, 0.4) is 0 Å². The minimum absolute atomic E-state index is 0.253. The zero-order valence-corrected chi connectivity index (χ0v) is 9.61. The normalized spacial score (nSPS) is 11.6. The Bertz CT molecular complexity index is 411. The highest BCUT2D eigenvalue weighted by atomic mass is 127. The topological polar surface area (TPSA) is 17.1 Å². The minimum Gasteiger partial charge on any atom is -0.294 e. The quantitative estimate of drug-likeness (QED) is 0.436. The number of hydrogen-bond acceptors (Lipinski definition) is 1. The Morgan fingerprint density at radius 2 is 1.87 bits per heavy atom. The number of halogens is 5. The van der Waals surface area contributed by atoms with E-state index in [-0.39, 0.29) is 3.57 Å². The molecule has 0 unspecified atom stereocenters. The van der Waals surface area contributed by atoms with Gasteiger partial charge in [0.2, 0.25) is 0 Å². The summed E-state index contributed by atoms with van der Waals surface area (Å²) in [7, 11) is 0. The van der Waals surface area contributed by atoms with Gasteiger partial charge < -0.3 is 0 Å². The third kappa shape index (κ3) is 2.67. The first kappa shape index (κ1) is 12.4. The number of benzene rings is 1. The van der Waals surface area contributed by atoms with E-state index in [1.165, 1.54) is 0 Å². The Kier molecular flexibility index (Phi) is 3.37. The number of Topliss-reactive ketones (excluding diaryl/α,β-unsaturated/α-hetero) is 1. The molecule has 1 aromatic carbocycles. The van der Waals surface area contributed by atoms with Crippen molar-refractivity contribution in [1.82, 2.24) is 0 Å². The highest BCUT2D eigenvalue weighted by molar-refractivity contribution is 14.1. The molecule has 0 atom stereocenters. The predicted molar refractivity (Wildman–Crippen MR) is 54.1 cm³/mol. The van der Waals surface area contributed by atoms with E-state index < -0.39 is 28.9 Å². The first-order valence-electron chi connectivity index (χ1n) is 3.80. The van der Waals surface area contributed by atoms with Crippen molar-refractivity contribution >= 4 is 28.4 Å². The lowest BCUT2D eigenvalue weighted by Gasteiger charge is -2.12. The van der Waals surface area contributed by atoms with Crippen molar-refractivity contribution < 1.29 is 22.4 Å². The molecule has 0 heterocycles. The van der Waals surface area contributed by atoms with Crippen LogP contribution in [0.4, 0.5) is 17.6 Å². The van der Waals surface area contributed by atoms with Gasteiger partial charge in [-0.1, -0.05) is 0 Å². The molecule has 1 nitrogen and oxygen atoms in total. The van der Waals surface area contributed by atoms with Crippen molar-refractivity contribution in [3.05, 3.63) is 32.6 Å². The van der Waals surface area contributed by atoms with Crippen LogP contribution in [0.5, 0.6) is 0 Å². The molecule has 1 aromatic rings. The van der Waals surface area contributed by atoms with Gasteiger partial charge in [0, 0.05) is 9.13 Å². The van der Waals surface area contributed by atoms with Crippen LogP contribution in [-0.4, -0.2) is 5.78 Å². The molecule has 0 aliphatic heterocycles. The molecule has 0 saturated heterocycles. The fourth-order valence-corrected chi connectivity index (χ4v) is 1.72. The summed E-state index contributed by atoms with van der Waals surface area (Å²) in [6, 6.07) is 1.77. The lowest BCUT2D eigenvalue weighted by molar-refractivity contribution is -0.140. The lowest BCUT2D eigenvalue weighted by atomic mass is 10.0. The van der Waals surface area contributed by atoms with Crippen LogP contribution in [0, 0.1) is 9.39 Å². The molecular formula is C9H5F4IO. The number of hydrogen-bond donors (Lipinski definition) is 0. The molecule has 0 fully saturated rings. The van der Waals surface area contributed by atoms with Crippen LogP contribution in [0.15, 0.2) is 12.1 Å². The maximum absolute atomic E-state index is 13.1. The van der Waals surface area contributed by atoms with Crippen molar-refractivity contribution in [2.45, 2.75) is 13.1 Å². The van der Waals surface area contributed by atoms with Crippen LogP contribution in [-0.2, 0) is 6.18 Å². The molecule has 0 radical (unpaired) electrons. The first-order chi connectivity index (χ1) is 6.73. The van der Waals surface area contributed by atoms with Gasteiger partial charge in [-0.15, -0.1) is 0 Å². The fraction of sp³-hybridized carbons (Fsp3) is 0.222. The maximum atomic E-state index is 13.1. The van der Waals surface area contributed by atoms with E-state index in [4.69, 9.17) is 0 Å². The number of carbonyl (C=O) groups is 1. The number of ketones is 1. The summed E-state index contributed by atoms with van der Waals surface area (Å²) in [4.78, 5) is 10.9. The van der Waals surface area contributed by atoms with Crippen molar-refractivity contribution in [2.75, 3.05) is 0 Å². The third-order valence-electron chi connectivity index (χ3n) is 1.72. The summed E-state index contributed by atoms with van der Waals surface area (Å²) in [5, 5.41) is 0. The predicted octanol–water partition coefficient (Wildman–Crippen LogP) is 3.65. The van der Waals surface area contributed by atoms with Crippen LogP contribution >= 0.6 is 22.6 Å². The van der Waals surface area contributed by atoms with E-state index in [0.29, 0.717) is 0 Å². The maximum Gasteiger partial charge on any atom is 0.419 e.